The lowest BCUT2D eigenvalue weighted by atomic mass is 10.2. The summed E-state index contributed by atoms with van der Waals surface area (Å²) in [7, 11) is 0. The van der Waals surface area contributed by atoms with Gasteiger partial charge < -0.3 is 5.32 Å². The molecule has 88 valence electrons. The number of benzene rings is 2. The minimum atomic E-state index is -0.181. The molecule has 3 heteroatoms. The van der Waals surface area contributed by atoms with E-state index in [9.17, 15) is 4.39 Å². The van der Waals surface area contributed by atoms with Gasteiger partial charge in [-0.15, -0.1) is 0 Å². The zero-order valence-electron chi connectivity index (χ0n) is 9.29. The van der Waals surface area contributed by atoms with E-state index in [1.807, 2.05) is 30.3 Å². The van der Waals surface area contributed by atoms with Gasteiger partial charge in [-0.05, 0) is 17.7 Å². The fourth-order valence-electron chi connectivity index (χ4n) is 1.62. The maximum Gasteiger partial charge on any atom is 0.127 e. The summed E-state index contributed by atoms with van der Waals surface area (Å²) < 4.78 is 13.3. The summed E-state index contributed by atoms with van der Waals surface area (Å²) in [6, 6.07) is 14.4. The minimum Gasteiger partial charge on any atom is -0.308 e. The van der Waals surface area contributed by atoms with Crippen molar-refractivity contribution in [2.24, 2.45) is 0 Å². The summed E-state index contributed by atoms with van der Waals surface area (Å²) in [5.74, 6) is -0.181. The Morgan fingerprint density at radius 3 is 2.18 bits per heavy atom. The monoisotopic (exact) mass is 249 g/mol. The molecule has 0 aliphatic rings. The summed E-state index contributed by atoms with van der Waals surface area (Å²) >= 11 is 6.02. The number of halogens is 2. The van der Waals surface area contributed by atoms with Crippen LogP contribution in [0.15, 0.2) is 48.5 Å². The van der Waals surface area contributed by atoms with Gasteiger partial charge in [-0.2, -0.15) is 0 Å². The van der Waals surface area contributed by atoms with Crippen LogP contribution >= 0.6 is 11.6 Å². The van der Waals surface area contributed by atoms with Gasteiger partial charge in [-0.1, -0.05) is 48.0 Å². The lowest BCUT2D eigenvalue weighted by Crippen LogP contribution is -2.13. The fourth-order valence-corrected chi connectivity index (χ4v) is 1.82. The van der Waals surface area contributed by atoms with Crippen molar-refractivity contribution in [3.63, 3.8) is 0 Å². The molecule has 0 atom stereocenters. The summed E-state index contributed by atoms with van der Waals surface area (Å²) in [6.45, 7) is 1.13. The summed E-state index contributed by atoms with van der Waals surface area (Å²) in [5.41, 5.74) is 1.69. The molecule has 0 aliphatic carbocycles. The number of rotatable bonds is 4. The number of hydrogen-bond acceptors (Lipinski definition) is 1. The second-order valence-electron chi connectivity index (χ2n) is 3.79. The maximum atomic E-state index is 13.3. The molecule has 17 heavy (non-hydrogen) atoms. The van der Waals surface area contributed by atoms with Gasteiger partial charge in [0.1, 0.15) is 5.82 Å². The quantitative estimate of drug-likeness (QED) is 0.870. The average Bonchev–Trinajstić information content (AvgIpc) is 2.34. The van der Waals surface area contributed by atoms with Crippen LogP contribution in [-0.4, -0.2) is 0 Å². The molecule has 0 bridgehead atoms. The topological polar surface area (TPSA) is 12.0 Å². The highest BCUT2D eigenvalue weighted by molar-refractivity contribution is 6.31. The Kier molecular flexibility index (Phi) is 4.13. The van der Waals surface area contributed by atoms with Crippen LogP contribution < -0.4 is 5.32 Å². The van der Waals surface area contributed by atoms with Crippen molar-refractivity contribution in [1.82, 2.24) is 5.32 Å². The van der Waals surface area contributed by atoms with Crippen LogP contribution in [-0.2, 0) is 13.1 Å². The smallest absolute Gasteiger partial charge is 0.127 e. The zero-order valence-corrected chi connectivity index (χ0v) is 10.0. The van der Waals surface area contributed by atoms with E-state index in [2.05, 4.69) is 5.32 Å². The molecule has 1 nitrogen and oxygen atoms in total. The second kappa shape index (κ2) is 5.80. The molecule has 1 N–H and O–H groups in total. The molecule has 0 unspecified atom stereocenters. The van der Waals surface area contributed by atoms with Gasteiger partial charge in [0.05, 0.1) is 0 Å². The van der Waals surface area contributed by atoms with Gasteiger partial charge in [0.2, 0.25) is 0 Å². The molecule has 0 saturated carbocycles. The van der Waals surface area contributed by atoms with Crippen molar-refractivity contribution < 1.29 is 4.39 Å². The Morgan fingerprint density at radius 2 is 1.47 bits per heavy atom. The average molecular weight is 250 g/mol. The molecule has 2 rings (SSSR count). The van der Waals surface area contributed by atoms with E-state index in [-0.39, 0.29) is 5.82 Å². The first-order valence-corrected chi connectivity index (χ1v) is 5.82. The molecule has 0 amide bonds. The van der Waals surface area contributed by atoms with E-state index in [4.69, 9.17) is 11.6 Å². The van der Waals surface area contributed by atoms with Crippen molar-refractivity contribution in [1.29, 1.82) is 0 Å². The SMILES string of the molecule is Fc1ccccc1CNCc1ccccc1Cl. The largest absolute Gasteiger partial charge is 0.308 e. The van der Waals surface area contributed by atoms with Crippen LogP contribution in [0.25, 0.3) is 0 Å². The summed E-state index contributed by atoms with van der Waals surface area (Å²) in [4.78, 5) is 0. The van der Waals surface area contributed by atoms with Crippen molar-refractivity contribution in [2.45, 2.75) is 13.1 Å². The highest BCUT2D eigenvalue weighted by Crippen LogP contribution is 2.14. The molecule has 0 aliphatic heterocycles. The Bertz CT molecular complexity index is 454. The first-order valence-electron chi connectivity index (χ1n) is 5.45. The third kappa shape index (κ3) is 3.29. The first-order chi connectivity index (χ1) is 8.27. The van der Waals surface area contributed by atoms with Gasteiger partial charge in [0.15, 0.2) is 0 Å². The van der Waals surface area contributed by atoms with E-state index < -0.39 is 0 Å². The fraction of sp³-hybridized carbons (Fsp3) is 0.143. The lowest BCUT2D eigenvalue weighted by molar-refractivity contribution is 0.588. The van der Waals surface area contributed by atoms with Crippen molar-refractivity contribution >= 4 is 11.6 Å². The van der Waals surface area contributed by atoms with E-state index >= 15 is 0 Å². The maximum absolute atomic E-state index is 13.3. The Morgan fingerprint density at radius 1 is 0.882 bits per heavy atom. The lowest BCUT2D eigenvalue weighted by Gasteiger charge is -2.07. The normalized spacial score (nSPS) is 10.5. The van der Waals surface area contributed by atoms with Crippen LogP contribution in [0.5, 0.6) is 0 Å². The molecule has 2 aromatic carbocycles. The molecular formula is C14H13ClFN. The second-order valence-corrected chi connectivity index (χ2v) is 4.19. The molecule has 2 aromatic rings. The molecule has 0 saturated heterocycles. The van der Waals surface area contributed by atoms with Crippen LogP contribution in [0, 0.1) is 5.82 Å². The van der Waals surface area contributed by atoms with Gasteiger partial charge >= 0.3 is 0 Å². The van der Waals surface area contributed by atoms with Crippen molar-refractivity contribution in [3.8, 4) is 0 Å². The summed E-state index contributed by atoms with van der Waals surface area (Å²) in [6.07, 6.45) is 0. The third-order valence-electron chi connectivity index (χ3n) is 2.55. The standard InChI is InChI=1S/C14H13ClFN/c15-13-7-3-1-5-11(13)9-17-10-12-6-2-4-8-14(12)16/h1-8,17H,9-10H2. The Labute approximate surface area is 105 Å². The van der Waals surface area contributed by atoms with Crippen LogP contribution in [0.1, 0.15) is 11.1 Å². The van der Waals surface area contributed by atoms with Gasteiger partial charge in [0.25, 0.3) is 0 Å². The molecule has 0 spiro atoms. The van der Waals surface area contributed by atoms with Gasteiger partial charge in [-0.25, -0.2) is 4.39 Å². The number of nitrogens with one attached hydrogen (secondary N) is 1. The van der Waals surface area contributed by atoms with Crippen LogP contribution in [0.4, 0.5) is 4.39 Å². The summed E-state index contributed by atoms with van der Waals surface area (Å²) in [5, 5.41) is 3.91. The zero-order chi connectivity index (χ0) is 12.1. The van der Waals surface area contributed by atoms with Gasteiger partial charge in [-0.3, -0.25) is 0 Å². The van der Waals surface area contributed by atoms with E-state index in [0.717, 1.165) is 10.6 Å². The highest BCUT2D eigenvalue weighted by atomic mass is 35.5. The first kappa shape index (κ1) is 12.1. The minimum absolute atomic E-state index is 0.181. The molecule has 0 fully saturated rings. The Hall–Kier alpha value is -1.38. The van der Waals surface area contributed by atoms with Crippen LogP contribution in [0.3, 0.4) is 0 Å². The van der Waals surface area contributed by atoms with Crippen molar-refractivity contribution in [2.75, 3.05) is 0 Å². The van der Waals surface area contributed by atoms with E-state index in [1.54, 1.807) is 12.1 Å². The number of hydrogen-bond donors (Lipinski definition) is 1. The Balaban J connectivity index is 1.93. The molecule has 0 heterocycles. The highest BCUT2D eigenvalue weighted by Gasteiger charge is 2.01. The predicted octanol–water partition coefficient (Wildman–Crippen LogP) is 3.77. The van der Waals surface area contributed by atoms with E-state index in [0.29, 0.717) is 18.7 Å². The molecule has 0 radical (unpaired) electrons. The molecular weight excluding hydrogens is 237 g/mol. The van der Waals surface area contributed by atoms with Crippen molar-refractivity contribution in [3.05, 3.63) is 70.5 Å². The van der Waals surface area contributed by atoms with Crippen LogP contribution in [0.2, 0.25) is 5.02 Å². The van der Waals surface area contributed by atoms with E-state index in [1.165, 1.54) is 6.07 Å². The predicted molar refractivity (Wildman–Crippen MR) is 68.4 cm³/mol. The molecule has 0 aromatic heterocycles. The van der Waals surface area contributed by atoms with Gasteiger partial charge in [0, 0.05) is 23.7 Å². The third-order valence-corrected chi connectivity index (χ3v) is 2.92.